The van der Waals surface area contributed by atoms with Crippen molar-refractivity contribution >= 4 is 12.2 Å². The molecule has 3 rings (SSSR count). The van der Waals surface area contributed by atoms with Gasteiger partial charge < -0.3 is 9.64 Å². The number of likely N-dealkylation sites (tertiary alicyclic amines) is 1. The van der Waals surface area contributed by atoms with E-state index in [-0.39, 0.29) is 24.4 Å². The second-order valence-electron chi connectivity index (χ2n) is 5.74. The van der Waals surface area contributed by atoms with E-state index >= 15 is 0 Å². The molecule has 5 heteroatoms. The van der Waals surface area contributed by atoms with Gasteiger partial charge in [-0.25, -0.2) is 4.39 Å². The molecule has 0 bridgehead atoms. The van der Waals surface area contributed by atoms with E-state index in [9.17, 15) is 14.0 Å². The minimum atomic E-state index is -0.288. The van der Waals surface area contributed by atoms with Crippen molar-refractivity contribution in [2.45, 2.75) is 18.9 Å². The fraction of sp³-hybridized carbons (Fsp3) is 0.263. The van der Waals surface area contributed by atoms with Crippen molar-refractivity contribution < 1.29 is 18.7 Å². The number of para-hydroxylation sites is 1. The number of ether oxygens (including phenoxy) is 1. The summed E-state index contributed by atoms with van der Waals surface area (Å²) >= 11 is 0. The van der Waals surface area contributed by atoms with Gasteiger partial charge in [-0.3, -0.25) is 9.59 Å². The molecule has 1 unspecified atom stereocenters. The molecule has 2 aromatic carbocycles. The summed E-state index contributed by atoms with van der Waals surface area (Å²) in [4.78, 5) is 25.3. The highest BCUT2D eigenvalue weighted by atomic mass is 19.1. The molecule has 1 aliphatic rings. The zero-order valence-corrected chi connectivity index (χ0v) is 13.2. The topological polar surface area (TPSA) is 46.6 Å². The van der Waals surface area contributed by atoms with Crippen LogP contribution in [-0.2, 0) is 4.79 Å². The molecule has 1 fully saturated rings. The summed E-state index contributed by atoms with van der Waals surface area (Å²) in [5, 5.41) is 0. The quantitative estimate of drug-likeness (QED) is 0.791. The van der Waals surface area contributed by atoms with Gasteiger partial charge in [0.25, 0.3) is 5.91 Å². The average Bonchev–Trinajstić information content (AvgIpc) is 3.10. The first-order valence-electron chi connectivity index (χ1n) is 7.91. The van der Waals surface area contributed by atoms with E-state index in [4.69, 9.17) is 4.74 Å². The zero-order valence-electron chi connectivity index (χ0n) is 13.2. The molecule has 0 aromatic heterocycles. The molecule has 1 aliphatic heterocycles. The molecule has 24 heavy (non-hydrogen) atoms. The minimum Gasteiger partial charge on any atom is -0.483 e. The Hall–Kier alpha value is -2.69. The highest BCUT2D eigenvalue weighted by molar-refractivity contribution is 5.81. The lowest BCUT2D eigenvalue weighted by Crippen LogP contribution is -2.34. The van der Waals surface area contributed by atoms with Crippen molar-refractivity contribution in [3.63, 3.8) is 0 Å². The van der Waals surface area contributed by atoms with E-state index in [2.05, 4.69) is 0 Å². The molecule has 1 heterocycles. The maximum absolute atomic E-state index is 13.1. The lowest BCUT2D eigenvalue weighted by atomic mass is 10.0. The van der Waals surface area contributed by atoms with E-state index in [0.29, 0.717) is 24.1 Å². The highest BCUT2D eigenvalue weighted by Gasteiger charge is 2.30. The molecular weight excluding hydrogens is 309 g/mol. The predicted molar refractivity (Wildman–Crippen MR) is 87.4 cm³/mol. The number of benzene rings is 2. The summed E-state index contributed by atoms with van der Waals surface area (Å²) < 4.78 is 18.6. The Kier molecular flexibility index (Phi) is 4.89. The molecule has 0 N–H and O–H groups in total. The normalized spacial score (nSPS) is 16.9. The third-order valence-corrected chi connectivity index (χ3v) is 4.23. The van der Waals surface area contributed by atoms with Crippen LogP contribution in [0.15, 0.2) is 48.5 Å². The summed E-state index contributed by atoms with van der Waals surface area (Å²) in [7, 11) is 0. The number of hydrogen-bond acceptors (Lipinski definition) is 3. The molecule has 0 spiro atoms. The van der Waals surface area contributed by atoms with Crippen LogP contribution in [-0.4, -0.2) is 30.2 Å². The van der Waals surface area contributed by atoms with E-state index in [0.717, 1.165) is 18.4 Å². The average molecular weight is 327 g/mol. The van der Waals surface area contributed by atoms with E-state index in [1.54, 1.807) is 41.3 Å². The molecule has 1 amide bonds. The third kappa shape index (κ3) is 3.45. The first-order chi connectivity index (χ1) is 11.7. The summed E-state index contributed by atoms with van der Waals surface area (Å²) in [5.74, 6) is -0.0238. The molecule has 1 saturated heterocycles. The molecule has 0 saturated carbocycles. The Labute approximate surface area is 139 Å². The molecule has 2 aromatic rings. The van der Waals surface area contributed by atoms with Gasteiger partial charge in [0.2, 0.25) is 0 Å². The summed E-state index contributed by atoms with van der Waals surface area (Å²) in [5.41, 5.74) is 1.34. The number of nitrogens with zero attached hydrogens (tertiary/aromatic N) is 1. The van der Waals surface area contributed by atoms with Crippen molar-refractivity contribution in [1.29, 1.82) is 0 Å². The lowest BCUT2D eigenvalue weighted by Gasteiger charge is -2.25. The van der Waals surface area contributed by atoms with Crippen LogP contribution >= 0.6 is 0 Å². The van der Waals surface area contributed by atoms with Crippen LogP contribution < -0.4 is 4.74 Å². The van der Waals surface area contributed by atoms with Crippen molar-refractivity contribution in [3.8, 4) is 5.75 Å². The van der Waals surface area contributed by atoms with Crippen LogP contribution in [0, 0.1) is 5.82 Å². The monoisotopic (exact) mass is 327 g/mol. The molecule has 4 nitrogen and oxygen atoms in total. The number of aldehydes is 1. The summed E-state index contributed by atoms with van der Waals surface area (Å²) in [6.45, 7) is 0.530. The number of carbonyl (C=O) groups excluding carboxylic acids is 2. The largest absolute Gasteiger partial charge is 0.483 e. The van der Waals surface area contributed by atoms with Gasteiger partial charge in [-0.05, 0) is 42.7 Å². The predicted octanol–water partition coefficient (Wildman–Crippen LogP) is 3.38. The van der Waals surface area contributed by atoms with Crippen LogP contribution in [0.2, 0.25) is 0 Å². The van der Waals surface area contributed by atoms with Gasteiger partial charge in [-0.2, -0.15) is 0 Å². The van der Waals surface area contributed by atoms with Crippen molar-refractivity contribution in [1.82, 2.24) is 4.90 Å². The molecular formula is C19H18FNO3. The fourth-order valence-corrected chi connectivity index (χ4v) is 3.03. The van der Waals surface area contributed by atoms with Crippen molar-refractivity contribution in [2.24, 2.45) is 0 Å². The highest BCUT2D eigenvalue weighted by Crippen LogP contribution is 2.32. The lowest BCUT2D eigenvalue weighted by molar-refractivity contribution is -0.134. The zero-order chi connectivity index (χ0) is 16.9. The van der Waals surface area contributed by atoms with Crippen molar-refractivity contribution in [2.75, 3.05) is 13.2 Å². The van der Waals surface area contributed by atoms with Crippen LogP contribution in [0.3, 0.4) is 0 Å². The van der Waals surface area contributed by atoms with Gasteiger partial charge in [0.1, 0.15) is 11.6 Å². The van der Waals surface area contributed by atoms with E-state index in [1.807, 2.05) is 0 Å². The number of rotatable bonds is 5. The van der Waals surface area contributed by atoms with Crippen LogP contribution in [0.25, 0.3) is 0 Å². The molecule has 0 aliphatic carbocycles. The van der Waals surface area contributed by atoms with Gasteiger partial charge in [0, 0.05) is 6.54 Å². The van der Waals surface area contributed by atoms with Crippen LogP contribution in [0.1, 0.15) is 34.8 Å². The van der Waals surface area contributed by atoms with Gasteiger partial charge in [0.05, 0.1) is 11.6 Å². The van der Waals surface area contributed by atoms with Gasteiger partial charge >= 0.3 is 0 Å². The number of halogens is 1. The van der Waals surface area contributed by atoms with Crippen LogP contribution in [0.4, 0.5) is 4.39 Å². The van der Waals surface area contributed by atoms with E-state index in [1.165, 1.54) is 12.1 Å². The van der Waals surface area contributed by atoms with Gasteiger partial charge in [-0.15, -0.1) is 0 Å². The van der Waals surface area contributed by atoms with Gasteiger partial charge in [-0.1, -0.05) is 24.3 Å². The third-order valence-electron chi connectivity index (χ3n) is 4.23. The molecule has 124 valence electrons. The maximum atomic E-state index is 13.1. The Bertz CT molecular complexity index is 730. The summed E-state index contributed by atoms with van der Waals surface area (Å²) in [6.07, 6.45) is 2.46. The molecule has 1 atom stereocenters. The number of amides is 1. The van der Waals surface area contributed by atoms with Crippen LogP contribution in [0.5, 0.6) is 5.75 Å². The second-order valence-corrected chi connectivity index (χ2v) is 5.74. The smallest absolute Gasteiger partial charge is 0.261 e. The Balaban J connectivity index is 1.67. The Morgan fingerprint density at radius 2 is 1.96 bits per heavy atom. The SMILES string of the molecule is O=Cc1ccccc1OCC(=O)N1CCCC1c1ccc(F)cc1. The van der Waals surface area contributed by atoms with Crippen molar-refractivity contribution in [3.05, 3.63) is 65.5 Å². The second kappa shape index (κ2) is 7.25. The number of hydrogen-bond donors (Lipinski definition) is 0. The Morgan fingerprint density at radius 3 is 2.71 bits per heavy atom. The van der Waals surface area contributed by atoms with Gasteiger partial charge in [0.15, 0.2) is 12.9 Å². The fourth-order valence-electron chi connectivity index (χ4n) is 3.03. The maximum Gasteiger partial charge on any atom is 0.261 e. The molecule has 0 radical (unpaired) electrons. The summed E-state index contributed by atoms with van der Waals surface area (Å²) in [6, 6.07) is 13.0. The first kappa shape index (κ1) is 16.2. The Morgan fingerprint density at radius 1 is 1.21 bits per heavy atom. The van der Waals surface area contributed by atoms with E-state index < -0.39 is 0 Å². The first-order valence-corrected chi connectivity index (χ1v) is 7.91. The minimum absolute atomic E-state index is 0.0528. The standard InChI is InChI=1S/C19H18FNO3/c20-16-9-7-14(8-10-16)17-5-3-11-21(17)19(23)13-24-18-6-2-1-4-15(18)12-22/h1-2,4,6-10,12,17H,3,5,11,13H2. The number of carbonyl (C=O) groups is 2.